The van der Waals surface area contributed by atoms with Gasteiger partial charge >= 0.3 is 5.97 Å². The number of aliphatic carboxylic acids is 1. The lowest BCUT2D eigenvalue weighted by molar-refractivity contribution is -0.139. The smallest absolute Gasteiger partial charge is 0.305 e. The molecule has 1 aromatic carbocycles. The highest BCUT2D eigenvalue weighted by atomic mass is 32.2. The van der Waals surface area contributed by atoms with Crippen LogP contribution in [0, 0.1) is 0 Å². The molecule has 1 aliphatic heterocycles. The van der Waals surface area contributed by atoms with Crippen LogP contribution >= 0.6 is 11.8 Å². The Morgan fingerprint density at radius 2 is 1.96 bits per heavy atom. The Morgan fingerprint density at radius 1 is 1.29 bits per heavy atom. The number of amides is 2. The number of hydrogen-bond acceptors (Lipinski definition) is 4. The first-order chi connectivity index (χ1) is 11.4. The number of nitrogens with one attached hydrogen (secondary N) is 1. The molecule has 0 aromatic heterocycles. The van der Waals surface area contributed by atoms with E-state index < -0.39 is 11.5 Å². The van der Waals surface area contributed by atoms with Crippen LogP contribution in [0.2, 0.25) is 0 Å². The summed E-state index contributed by atoms with van der Waals surface area (Å²) in [4.78, 5) is 38.2. The Hall–Kier alpha value is -2.02. The van der Waals surface area contributed by atoms with E-state index in [0.717, 1.165) is 10.6 Å². The Kier molecular flexibility index (Phi) is 5.88. The highest BCUT2D eigenvalue weighted by molar-refractivity contribution is 8.00. The van der Waals surface area contributed by atoms with Gasteiger partial charge in [0.25, 0.3) is 0 Å². The molecule has 7 heteroatoms. The van der Waals surface area contributed by atoms with Crippen LogP contribution in [-0.4, -0.2) is 40.7 Å². The molecule has 0 aliphatic carbocycles. The molecule has 0 saturated heterocycles. The maximum Gasteiger partial charge on any atom is 0.305 e. The summed E-state index contributed by atoms with van der Waals surface area (Å²) >= 11 is 1.46. The Balaban J connectivity index is 2.14. The number of fused-ring (bicyclic) bond motifs is 1. The van der Waals surface area contributed by atoms with E-state index in [4.69, 9.17) is 5.11 Å². The quantitative estimate of drug-likeness (QED) is 0.788. The van der Waals surface area contributed by atoms with Crippen LogP contribution in [0.3, 0.4) is 0 Å². The molecular weight excluding hydrogens is 328 g/mol. The van der Waals surface area contributed by atoms with Crippen LogP contribution in [-0.2, 0) is 14.4 Å². The van der Waals surface area contributed by atoms with Crippen molar-refractivity contribution in [1.82, 2.24) is 5.32 Å². The second-order valence-electron chi connectivity index (χ2n) is 5.84. The molecule has 0 spiro atoms. The van der Waals surface area contributed by atoms with Gasteiger partial charge in [0.15, 0.2) is 0 Å². The third-order valence-corrected chi connectivity index (χ3v) is 5.41. The average Bonchev–Trinajstić information content (AvgIpc) is 2.56. The molecule has 2 N–H and O–H groups in total. The first kappa shape index (κ1) is 18.3. The minimum absolute atomic E-state index is 0.0994. The van der Waals surface area contributed by atoms with Crippen molar-refractivity contribution in [3.05, 3.63) is 24.3 Å². The SMILES string of the molecule is CCC(CC)(CC(=O)O)NC(=O)CN1C(=O)CSc2ccccc21. The van der Waals surface area contributed by atoms with Gasteiger partial charge in [-0.15, -0.1) is 11.8 Å². The van der Waals surface area contributed by atoms with Crippen molar-refractivity contribution in [2.45, 2.75) is 43.5 Å². The summed E-state index contributed by atoms with van der Waals surface area (Å²) in [7, 11) is 0. The van der Waals surface area contributed by atoms with E-state index >= 15 is 0 Å². The molecule has 0 fully saturated rings. The second-order valence-corrected chi connectivity index (χ2v) is 6.86. The lowest BCUT2D eigenvalue weighted by Crippen LogP contribution is -2.53. The number of carboxylic acids is 1. The van der Waals surface area contributed by atoms with Gasteiger partial charge in [0, 0.05) is 4.90 Å². The van der Waals surface area contributed by atoms with Crippen molar-refractivity contribution in [3.8, 4) is 0 Å². The topological polar surface area (TPSA) is 86.7 Å². The predicted molar refractivity (Wildman–Crippen MR) is 93.2 cm³/mol. The van der Waals surface area contributed by atoms with E-state index in [1.54, 1.807) is 0 Å². The predicted octanol–water partition coefficient (Wildman–Crippen LogP) is 2.28. The molecule has 1 heterocycles. The van der Waals surface area contributed by atoms with Crippen molar-refractivity contribution in [3.63, 3.8) is 0 Å². The fourth-order valence-corrected chi connectivity index (χ4v) is 3.75. The van der Waals surface area contributed by atoms with Crippen LogP contribution in [0.4, 0.5) is 5.69 Å². The van der Waals surface area contributed by atoms with Crippen molar-refractivity contribution in [2.24, 2.45) is 0 Å². The molecule has 24 heavy (non-hydrogen) atoms. The fourth-order valence-electron chi connectivity index (χ4n) is 2.82. The van der Waals surface area contributed by atoms with E-state index in [0.29, 0.717) is 18.6 Å². The maximum absolute atomic E-state index is 12.5. The molecule has 2 amide bonds. The monoisotopic (exact) mass is 350 g/mol. The van der Waals surface area contributed by atoms with Gasteiger partial charge in [-0.2, -0.15) is 0 Å². The molecule has 0 unspecified atom stereocenters. The van der Waals surface area contributed by atoms with Gasteiger partial charge in [-0.3, -0.25) is 14.4 Å². The number of carbonyl (C=O) groups is 3. The summed E-state index contributed by atoms with van der Waals surface area (Å²) in [5.74, 6) is -1.11. The van der Waals surface area contributed by atoms with Crippen LogP contribution in [0.1, 0.15) is 33.1 Å². The number of para-hydroxylation sites is 1. The number of rotatable bonds is 7. The summed E-state index contributed by atoms with van der Waals surface area (Å²) in [6.07, 6.45) is 0.899. The van der Waals surface area contributed by atoms with Gasteiger partial charge in [0.2, 0.25) is 11.8 Å². The number of anilines is 1. The number of benzene rings is 1. The van der Waals surface area contributed by atoms with E-state index in [2.05, 4.69) is 5.32 Å². The van der Waals surface area contributed by atoms with Crippen LogP contribution in [0.15, 0.2) is 29.2 Å². The highest BCUT2D eigenvalue weighted by Crippen LogP contribution is 2.34. The molecule has 6 nitrogen and oxygen atoms in total. The highest BCUT2D eigenvalue weighted by Gasteiger charge is 2.33. The van der Waals surface area contributed by atoms with Gasteiger partial charge in [-0.25, -0.2) is 0 Å². The first-order valence-electron chi connectivity index (χ1n) is 7.96. The third-order valence-electron chi connectivity index (χ3n) is 4.36. The molecule has 0 atom stereocenters. The average molecular weight is 350 g/mol. The van der Waals surface area contributed by atoms with Crippen molar-refractivity contribution < 1.29 is 19.5 Å². The summed E-state index contributed by atoms with van der Waals surface area (Å²) in [5, 5.41) is 11.9. The molecule has 0 bridgehead atoms. The summed E-state index contributed by atoms with van der Waals surface area (Å²) in [5.41, 5.74) is -0.0542. The maximum atomic E-state index is 12.5. The molecule has 1 aliphatic rings. The molecule has 130 valence electrons. The van der Waals surface area contributed by atoms with E-state index in [1.165, 1.54) is 16.7 Å². The molecule has 0 radical (unpaired) electrons. The lowest BCUT2D eigenvalue weighted by atomic mass is 9.89. The molecular formula is C17H22N2O4S. The van der Waals surface area contributed by atoms with Crippen LogP contribution < -0.4 is 10.2 Å². The van der Waals surface area contributed by atoms with Gasteiger partial charge in [-0.1, -0.05) is 26.0 Å². The zero-order chi connectivity index (χ0) is 17.7. The normalized spacial score (nSPS) is 14.2. The standard InChI is InChI=1S/C17H22N2O4S/c1-3-17(4-2,9-16(22)23)18-14(20)10-19-12-7-5-6-8-13(12)24-11-15(19)21/h5-8H,3-4,9-11H2,1-2H3,(H,18,20)(H,22,23). The number of carboxylic acid groups (broad SMARTS) is 1. The number of carbonyl (C=O) groups excluding carboxylic acids is 2. The van der Waals surface area contributed by atoms with Crippen molar-refractivity contribution in [2.75, 3.05) is 17.2 Å². The Labute approximate surface area is 145 Å². The van der Waals surface area contributed by atoms with E-state index in [-0.39, 0.29) is 24.8 Å². The van der Waals surface area contributed by atoms with Crippen molar-refractivity contribution >= 4 is 35.2 Å². The minimum atomic E-state index is -0.949. The number of hydrogen-bond donors (Lipinski definition) is 2. The lowest BCUT2D eigenvalue weighted by Gasteiger charge is -2.34. The third kappa shape index (κ3) is 4.08. The molecule has 1 aromatic rings. The van der Waals surface area contributed by atoms with Crippen molar-refractivity contribution in [1.29, 1.82) is 0 Å². The Bertz CT molecular complexity index is 643. The summed E-state index contributed by atoms with van der Waals surface area (Å²) < 4.78 is 0. The van der Waals surface area contributed by atoms with Gasteiger partial charge in [0.1, 0.15) is 6.54 Å². The number of thioether (sulfide) groups is 1. The zero-order valence-corrected chi connectivity index (χ0v) is 14.7. The minimum Gasteiger partial charge on any atom is -0.481 e. The van der Waals surface area contributed by atoms with Gasteiger partial charge in [-0.05, 0) is 25.0 Å². The fraction of sp³-hybridized carbons (Fsp3) is 0.471. The van der Waals surface area contributed by atoms with E-state index in [9.17, 15) is 14.4 Å². The molecule has 2 rings (SSSR count). The van der Waals surface area contributed by atoms with Gasteiger partial charge < -0.3 is 15.3 Å². The Morgan fingerprint density at radius 3 is 2.58 bits per heavy atom. The van der Waals surface area contributed by atoms with Crippen LogP contribution in [0.5, 0.6) is 0 Å². The second kappa shape index (κ2) is 7.70. The first-order valence-corrected chi connectivity index (χ1v) is 8.94. The summed E-state index contributed by atoms with van der Waals surface area (Å²) in [6, 6.07) is 7.46. The van der Waals surface area contributed by atoms with E-state index in [1.807, 2.05) is 38.1 Å². The van der Waals surface area contributed by atoms with Crippen LogP contribution in [0.25, 0.3) is 0 Å². The summed E-state index contributed by atoms with van der Waals surface area (Å²) in [6.45, 7) is 3.60. The van der Waals surface area contributed by atoms with Gasteiger partial charge in [0.05, 0.1) is 23.4 Å². The largest absolute Gasteiger partial charge is 0.481 e. The number of nitrogens with zero attached hydrogens (tertiary/aromatic N) is 1. The molecule has 0 saturated carbocycles. The zero-order valence-electron chi connectivity index (χ0n) is 13.9.